The Morgan fingerprint density at radius 2 is 1.79 bits per heavy atom. The molecule has 0 heterocycles. The third-order valence-corrected chi connectivity index (χ3v) is 10.5. The summed E-state index contributed by atoms with van der Waals surface area (Å²) in [6, 6.07) is 0. The van der Waals surface area contributed by atoms with E-state index in [4.69, 9.17) is 0 Å². The SMILES string of the molecule is CC(C)[C@@H](C)CC[C@@H](C)[C@H]1CC[C@H]2C3=C(CC[C@]12C)[C@]1(C)C(=CC3)CCCC1O. The summed E-state index contributed by atoms with van der Waals surface area (Å²) in [6.07, 6.45) is 15.1. The van der Waals surface area contributed by atoms with Crippen LogP contribution in [0.4, 0.5) is 0 Å². The molecule has 4 aliphatic carbocycles. The summed E-state index contributed by atoms with van der Waals surface area (Å²) < 4.78 is 0. The van der Waals surface area contributed by atoms with Crippen molar-refractivity contribution in [3.05, 3.63) is 22.8 Å². The van der Waals surface area contributed by atoms with Crippen LogP contribution in [0.15, 0.2) is 22.8 Å². The highest BCUT2D eigenvalue weighted by Gasteiger charge is 2.55. The van der Waals surface area contributed by atoms with E-state index in [1.807, 2.05) is 0 Å². The highest BCUT2D eigenvalue weighted by molar-refractivity contribution is 5.44. The largest absolute Gasteiger partial charge is 0.392 e. The zero-order valence-electron chi connectivity index (χ0n) is 20.1. The molecule has 0 aliphatic heterocycles. The van der Waals surface area contributed by atoms with Crippen LogP contribution in [0.25, 0.3) is 0 Å². The molecule has 7 atom stereocenters. The molecule has 0 saturated heterocycles. The van der Waals surface area contributed by atoms with Gasteiger partial charge in [-0.15, -0.1) is 0 Å². The van der Waals surface area contributed by atoms with Gasteiger partial charge in [0, 0.05) is 5.41 Å². The molecule has 4 rings (SSSR count). The van der Waals surface area contributed by atoms with Crippen molar-refractivity contribution in [3.63, 3.8) is 0 Å². The summed E-state index contributed by atoms with van der Waals surface area (Å²) in [4.78, 5) is 0. The fourth-order valence-corrected chi connectivity index (χ4v) is 8.01. The first-order valence-electron chi connectivity index (χ1n) is 12.8. The zero-order chi connectivity index (χ0) is 21.0. The van der Waals surface area contributed by atoms with E-state index in [1.54, 1.807) is 16.7 Å². The van der Waals surface area contributed by atoms with Gasteiger partial charge in [0.25, 0.3) is 0 Å². The highest BCUT2D eigenvalue weighted by atomic mass is 16.3. The summed E-state index contributed by atoms with van der Waals surface area (Å²) in [5, 5.41) is 11.0. The minimum atomic E-state index is -0.161. The lowest BCUT2D eigenvalue weighted by molar-refractivity contribution is 0.0406. The minimum Gasteiger partial charge on any atom is -0.392 e. The van der Waals surface area contributed by atoms with Crippen LogP contribution in [0.1, 0.15) is 106 Å². The maximum absolute atomic E-state index is 11.0. The van der Waals surface area contributed by atoms with E-state index in [1.165, 1.54) is 57.8 Å². The summed E-state index contributed by atoms with van der Waals surface area (Å²) in [7, 11) is 0. The molecule has 2 fully saturated rings. The van der Waals surface area contributed by atoms with Gasteiger partial charge in [-0.2, -0.15) is 0 Å². The molecule has 0 spiro atoms. The Morgan fingerprint density at radius 3 is 2.52 bits per heavy atom. The van der Waals surface area contributed by atoms with Crippen LogP contribution in [-0.2, 0) is 0 Å². The van der Waals surface area contributed by atoms with Crippen LogP contribution in [0.5, 0.6) is 0 Å². The molecule has 0 radical (unpaired) electrons. The first-order chi connectivity index (χ1) is 13.7. The average molecular weight is 399 g/mol. The van der Waals surface area contributed by atoms with Crippen LogP contribution in [-0.4, -0.2) is 11.2 Å². The number of hydrogen-bond acceptors (Lipinski definition) is 1. The van der Waals surface area contributed by atoms with Gasteiger partial charge in [0.2, 0.25) is 0 Å². The highest BCUT2D eigenvalue weighted by Crippen LogP contribution is 2.65. The normalized spacial score (nSPS) is 41.5. The molecule has 4 aliphatic rings. The molecule has 1 nitrogen and oxygen atoms in total. The predicted molar refractivity (Wildman–Crippen MR) is 124 cm³/mol. The molecule has 0 aromatic rings. The minimum absolute atomic E-state index is 0.0381. The molecule has 0 aromatic heterocycles. The van der Waals surface area contributed by atoms with Crippen LogP contribution >= 0.6 is 0 Å². The maximum atomic E-state index is 11.0. The van der Waals surface area contributed by atoms with E-state index in [9.17, 15) is 5.11 Å². The molecule has 2 saturated carbocycles. The summed E-state index contributed by atoms with van der Waals surface area (Å²) in [6.45, 7) is 14.8. The Bertz CT molecular complexity index is 684. The van der Waals surface area contributed by atoms with Gasteiger partial charge in [0.05, 0.1) is 6.10 Å². The lowest BCUT2D eigenvalue weighted by Gasteiger charge is -2.53. The molecule has 29 heavy (non-hydrogen) atoms. The molecule has 0 amide bonds. The van der Waals surface area contributed by atoms with E-state index in [0.717, 1.165) is 36.0 Å². The summed E-state index contributed by atoms with van der Waals surface area (Å²) in [5.41, 5.74) is 5.44. The van der Waals surface area contributed by atoms with Gasteiger partial charge in [0.15, 0.2) is 0 Å². The monoisotopic (exact) mass is 398 g/mol. The van der Waals surface area contributed by atoms with Gasteiger partial charge in [-0.3, -0.25) is 0 Å². The molecule has 164 valence electrons. The maximum Gasteiger partial charge on any atom is 0.0668 e. The Balaban J connectivity index is 1.55. The number of allylic oxidation sites excluding steroid dienone is 2. The van der Waals surface area contributed by atoms with Crippen molar-refractivity contribution in [1.82, 2.24) is 0 Å². The third kappa shape index (κ3) is 3.38. The number of fused-ring (bicyclic) bond motifs is 4. The van der Waals surface area contributed by atoms with Crippen LogP contribution in [0.2, 0.25) is 0 Å². The fraction of sp³-hybridized carbons (Fsp3) is 0.857. The van der Waals surface area contributed by atoms with Gasteiger partial charge in [-0.1, -0.05) is 70.3 Å². The van der Waals surface area contributed by atoms with E-state index in [2.05, 4.69) is 47.6 Å². The summed E-state index contributed by atoms with van der Waals surface area (Å²) in [5.74, 6) is 4.15. The second kappa shape index (κ2) is 7.85. The van der Waals surface area contributed by atoms with Gasteiger partial charge < -0.3 is 5.11 Å². The Labute approximate surface area is 180 Å². The summed E-state index contributed by atoms with van der Waals surface area (Å²) >= 11 is 0. The average Bonchev–Trinajstić information content (AvgIpc) is 3.04. The topological polar surface area (TPSA) is 20.2 Å². The molecule has 0 aromatic carbocycles. The molecule has 1 unspecified atom stereocenters. The second-order valence-corrected chi connectivity index (χ2v) is 12.1. The molecular formula is C28H46O. The third-order valence-electron chi connectivity index (χ3n) is 10.5. The van der Waals surface area contributed by atoms with E-state index in [-0.39, 0.29) is 11.5 Å². The predicted octanol–water partition coefficient (Wildman–Crippen LogP) is 7.70. The number of hydrogen-bond donors (Lipinski definition) is 1. The van der Waals surface area contributed by atoms with Crippen molar-refractivity contribution in [2.75, 3.05) is 0 Å². The van der Waals surface area contributed by atoms with E-state index < -0.39 is 0 Å². The van der Waals surface area contributed by atoms with Gasteiger partial charge in [0.1, 0.15) is 0 Å². The first-order valence-corrected chi connectivity index (χ1v) is 12.8. The number of rotatable bonds is 5. The Kier molecular flexibility index (Phi) is 5.86. The quantitative estimate of drug-likeness (QED) is 0.470. The van der Waals surface area contributed by atoms with Gasteiger partial charge in [-0.25, -0.2) is 0 Å². The Hall–Kier alpha value is -0.560. The van der Waals surface area contributed by atoms with E-state index in [0.29, 0.717) is 5.41 Å². The van der Waals surface area contributed by atoms with Crippen molar-refractivity contribution in [3.8, 4) is 0 Å². The fourth-order valence-electron chi connectivity index (χ4n) is 8.01. The standard InChI is InChI=1S/C28H46O/c1-18(2)19(3)10-11-20(4)23-14-15-24-22-13-12-21-8-7-9-26(29)28(21,6)25(22)16-17-27(23,24)5/h12,18-20,23-24,26,29H,7-11,13-17H2,1-6H3/t19-,20+,23+,24-,26?,27+,28-/m0/s1. The lowest BCUT2D eigenvalue weighted by Crippen LogP contribution is -2.45. The molecule has 0 bridgehead atoms. The molecule has 1 N–H and O–H groups in total. The van der Waals surface area contributed by atoms with E-state index >= 15 is 0 Å². The van der Waals surface area contributed by atoms with Crippen LogP contribution in [0.3, 0.4) is 0 Å². The number of aliphatic hydroxyl groups is 1. The van der Waals surface area contributed by atoms with Gasteiger partial charge >= 0.3 is 0 Å². The molecular weight excluding hydrogens is 352 g/mol. The lowest BCUT2D eigenvalue weighted by atomic mass is 9.52. The van der Waals surface area contributed by atoms with Gasteiger partial charge in [-0.05, 0) is 93.3 Å². The van der Waals surface area contributed by atoms with Crippen molar-refractivity contribution >= 4 is 0 Å². The number of aliphatic hydroxyl groups excluding tert-OH is 1. The second-order valence-electron chi connectivity index (χ2n) is 12.1. The molecule has 1 heteroatoms. The van der Waals surface area contributed by atoms with Crippen molar-refractivity contribution in [1.29, 1.82) is 0 Å². The first kappa shape index (κ1) is 21.7. The Morgan fingerprint density at radius 1 is 1.03 bits per heavy atom. The zero-order valence-corrected chi connectivity index (χ0v) is 20.1. The smallest absolute Gasteiger partial charge is 0.0668 e. The van der Waals surface area contributed by atoms with Crippen molar-refractivity contribution in [2.45, 2.75) is 112 Å². The van der Waals surface area contributed by atoms with Crippen LogP contribution < -0.4 is 0 Å². The van der Waals surface area contributed by atoms with Crippen LogP contribution in [0, 0.1) is 40.4 Å². The van der Waals surface area contributed by atoms with Crippen molar-refractivity contribution < 1.29 is 5.11 Å². The van der Waals surface area contributed by atoms with Crippen molar-refractivity contribution in [2.24, 2.45) is 40.4 Å².